The highest BCUT2D eigenvalue weighted by Gasteiger charge is 2.30. The minimum absolute atomic E-state index is 0.522. The number of carbonyl (C=O) groups is 1. The van der Waals surface area contributed by atoms with E-state index >= 15 is 0 Å². The molecular weight excluding hydrogens is 254 g/mol. The van der Waals surface area contributed by atoms with Gasteiger partial charge in [-0.15, -0.1) is 0 Å². The Labute approximate surface area is 121 Å². The van der Waals surface area contributed by atoms with Crippen LogP contribution in [-0.4, -0.2) is 30.3 Å². The smallest absolute Gasteiger partial charge is 0.323 e. The van der Waals surface area contributed by atoms with Crippen LogP contribution in [0.4, 0.5) is 0 Å². The summed E-state index contributed by atoms with van der Waals surface area (Å²) in [7, 11) is 1.67. The third-order valence-corrected chi connectivity index (χ3v) is 3.87. The Bertz CT molecular complexity index is 485. The molecule has 112 valence electrons. The second-order valence-electron chi connectivity index (χ2n) is 5.54. The zero-order valence-corrected chi connectivity index (χ0v) is 13.0. The molecule has 0 amide bonds. The van der Waals surface area contributed by atoms with Gasteiger partial charge in [-0.25, -0.2) is 0 Å². The van der Waals surface area contributed by atoms with E-state index in [0.29, 0.717) is 19.4 Å². The van der Waals surface area contributed by atoms with Crippen LogP contribution in [0.2, 0.25) is 0 Å². The molecule has 4 nitrogen and oxygen atoms in total. The fraction of sp³-hybridized carbons (Fsp3) is 0.562. The van der Waals surface area contributed by atoms with Crippen LogP contribution < -0.4 is 10.1 Å². The van der Waals surface area contributed by atoms with E-state index in [-0.39, 0.29) is 0 Å². The number of carboxylic acids is 1. The van der Waals surface area contributed by atoms with Crippen LogP contribution in [-0.2, 0) is 4.79 Å². The minimum Gasteiger partial charge on any atom is -0.493 e. The molecule has 1 aromatic carbocycles. The maximum absolute atomic E-state index is 11.2. The zero-order chi connectivity index (χ0) is 15.3. The van der Waals surface area contributed by atoms with E-state index in [1.807, 2.05) is 19.9 Å². The van der Waals surface area contributed by atoms with Gasteiger partial charge in [0, 0.05) is 0 Å². The molecule has 0 aliphatic rings. The average molecular weight is 279 g/mol. The van der Waals surface area contributed by atoms with E-state index in [9.17, 15) is 4.79 Å². The topological polar surface area (TPSA) is 58.6 Å². The van der Waals surface area contributed by atoms with Gasteiger partial charge in [-0.1, -0.05) is 6.07 Å². The number of likely N-dealkylation sites (N-methyl/N-ethyl adjacent to an activating group) is 1. The summed E-state index contributed by atoms with van der Waals surface area (Å²) in [6, 6.07) is 4.15. The lowest BCUT2D eigenvalue weighted by molar-refractivity contribution is -0.144. The van der Waals surface area contributed by atoms with Gasteiger partial charge >= 0.3 is 5.97 Å². The van der Waals surface area contributed by atoms with Gasteiger partial charge in [-0.2, -0.15) is 0 Å². The quantitative estimate of drug-likeness (QED) is 0.754. The summed E-state index contributed by atoms with van der Waals surface area (Å²) in [5.41, 5.74) is 2.64. The summed E-state index contributed by atoms with van der Waals surface area (Å²) < 4.78 is 5.80. The van der Waals surface area contributed by atoms with Crippen molar-refractivity contribution in [1.82, 2.24) is 5.32 Å². The van der Waals surface area contributed by atoms with Crippen molar-refractivity contribution in [2.75, 3.05) is 13.7 Å². The van der Waals surface area contributed by atoms with Crippen molar-refractivity contribution in [3.8, 4) is 5.75 Å². The van der Waals surface area contributed by atoms with Crippen LogP contribution in [0.1, 0.15) is 36.5 Å². The summed E-state index contributed by atoms with van der Waals surface area (Å²) in [6.07, 6.45) is 1.22. The Morgan fingerprint density at radius 2 is 2.00 bits per heavy atom. The van der Waals surface area contributed by atoms with Crippen molar-refractivity contribution in [2.24, 2.45) is 0 Å². The van der Waals surface area contributed by atoms with Gasteiger partial charge in [0.25, 0.3) is 0 Å². The largest absolute Gasteiger partial charge is 0.493 e. The van der Waals surface area contributed by atoms with E-state index in [1.54, 1.807) is 14.0 Å². The van der Waals surface area contributed by atoms with Crippen LogP contribution in [0.5, 0.6) is 5.75 Å². The molecule has 1 aromatic rings. The lowest BCUT2D eigenvalue weighted by Gasteiger charge is -2.24. The molecule has 1 atom stereocenters. The number of aryl methyl sites for hydroxylation is 2. The lowest BCUT2D eigenvalue weighted by atomic mass is 9.96. The van der Waals surface area contributed by atoms with Crippen molar-refractivity contribution in [1.29, 1.82) is 0 Å². The second-order valence-corrected chi connectivity index (χ2v) is 5.54. The third-order valence-electron chi connectivity index (χ3n) is 3.87. The number of hydrogen-bond donors (Lipinski definition) is 2. The van der Waals surface area contributed by atoms with Gasteiger partial charge in [0.05, 0.1) is 6.61 Å². The number of hydrogen-bond acceptors (Lipinski definition) is 3. The first kappa shape index (κ1) is 16.5. The van der Waals surface area contributed by atoms with Crippen molar-refractivity contribution in [3.63, 3.8) is 0 Å². The Morgan fingerprint density at radius 3 is 2.55 bits per heavy atom. The van der Waals surface area contributed by atoms with Crippen molar-refractivity contribution in [2.45, 2.75) is 46.1 Å². The molecule has 0 saturated heterocycles. The minimum atomic E-state index is -0.888. The number of carboxylic acid groups (broad SMARTS) is 1. The number of rotatable bonds is 7. The van der Waals surface area contributed by atoms with Gasteiger partial charge in [-0.05, 0) is 70.3 Å². The highest BCUT2D eigenvalue weighted by molar-refractivity contribution is 5.78. The van der Waals surface area contributed by atoms with Gasteiger partial charge in [0.15, 0.2) is 0 Å². The number of ether oxygens (including phenoxy) is 1. The Balaban J connectivity index is 2.56. The fourth-order valence-electron chi connectivity index (χ4n) is 2.10. The van der Waals surface area contributed by atoms with Gasteiger partial charge in [-0.3, -0.25) is 4.79 Å². The Kier molecular flexibility index (Phi) is 5.57. The van der Waals surface area contributed by atoms with Crippen LogP contribution in [0.15, 0.2) is 12.1 Å². The molecule has 0 heterocycles. The lowest BCUT2D eigenvalue weighted by Crippen LogP contribution is -2.47. The van der Waals surface area contributed by atoms with E-state index in [2.05, 4.69) is 18.3 Å². The first-order valence-corrected chi connectivity index (χ1v) is 6.93. The SMILES string of the molecule is CNC(C)(CCCOc1cc(C)cc(C)c1C)C(=O)O. The summed E-state index contributed by atoms with van der Waals surface area (Å²) in [6.45, 7) is 8.37. The Morgan fingerprint density at radius 1 is 1.35 bits per heavy atom. The number of nitrogens with one attached hydrogen (secondary N) is 1. The van der Waals surface area contributed by atoms with Crippen molar-refractivity contribution < 1.29 is 14.6 Å². The normalized spacial score (nSPS) is 13.8. The first-order valence-electron chi connectivity index (χ1n) is 6.93. The van der Waals surface area contributed by atoms with Gasteiger partial charge in [0.2, 0.25) is 0 Å². The van der Waals surface area contributed by atoms with E-state index in [4.69, 9.17) is 9.84 Å². The summed E-state index contributed by atoms with van der Waals surface area (Å²) in [5.74, 6) is 0.0616. The number of benzene rings is 1. The van der Waals surface area contributed by atoms with Crippen LogP contribution >= 0.6 is 0 Å². The molecule has 4 heteroatoms. The second kappa shape index (κ2) is 6.75. The number of aliphatic carboxylic acids is 1. The van der Waals surface area contributed by atoms with E-state index in [0.717, 1.165) is 11.3 Å². The molecule has 0 bridgehead atoms. The molecule has 2 N–H and O–H groups in total. The standard InChI is InChI=1S/C16H25NO3/c1-11-9-12(2)13(3)14(10-11)20-8-6-7-16(4,17-5)15(18)19/h9-10,17H,6-8H2,1-5H3,(H,18,19). The molecule has 0 aliphatic heterocycles. The van der Waals surface area contributed by atoms with E-state index in [1.165, 1.54) is 11.1 Å². The van der Waals surface area contributed by atoms with Crippen LogP contribution in [0, 0.1) is 20.8 Å². The van der Waals surface area contributed by atoms with Crippen LogP contribution in [0.3, 0.4) is 0 Å². The molecule has 0 aliphatic carbocycles. The molecule has 0 saturated carbocycles. The molecule has 0 radical (unpaired) electrons. The highest BCUT2D eigenvalue weighted by atomic mass is 16.5. The molecule has 0 aromatic heterocycles. The Hall–Kier alpha value is -1.55. The van der Waals surface area contributed by atoms with Crippen LogP contribution in [0.25, 0.3) is 0 Å². The maximum Gasteiger partial charge on any atom is 0.323 e. The predicted molar refractivity (Wildman–Crippen MR) is 80.5 cm³/mol. The molecular formula is C16H25NO3. The maximum atomic E-state index is 11.2. The average Bonchev–Trinajstić information content (AvgIpc) is 2.39. The third kappa shape index (κ3) is 3.97. The summed E-state index contributed by atoms with van der Waals surface area (Å²) in [5, 5.41) is 12.0. The summed E-state index contributed by atoms with van der Waals surface area (Å²) >= 11 is 0. The summed E-state index contributed by atoms with van der Waals surface area (Å²) in [4.78, 5) is 11.2. The highest BCUT2D eigenvalue weighted by Crippen LogP contribution is 2.23. The van der Waals surface area contributed by atoms with E-state index < -0.39 is 11.5 Å². The fourth-order valence-corrected chi connectivity index (χ4v) is 2.10. The van der Waals surface area contributed by atoms with Gasteiger partial charge in [0.1, 0.15) is 11.3 Å². The molecule has 1 rings (SSSR count). The predicted octanol–water partition coefficient (Wildman–Crippen LogP) is 2.83. The monoisotopic (exact) mass is 279 g/mol. The first-order chi connectivity index (χ1) is 9.30. The zero-order valence-electron chi connectivity index (χ0n) is 13.0. The molecule has 0 spiro atoms. The molecule has 0 fully saturated rings. The van der Waals surface area contributed by atoms with Gasteiger partial charge < -0.3 is 15.2 Å². The van der Waals surface area contributed by atoms with Crippen molar-refractivity contribution in [3.05, 3.63) is 28.8 Å². The molecule has 1 unspecified atom stereocenters. The molecule has 20 heavy (non-hydrogen) atoms. The van der Waals surface area contributed by atoms with Crippen molar-refractivity contribution >= 4 is 5.97 Å².